The molecule has 2 aliphatic rings. The van der Waals surface area contributed by atoms with Crippen molar-refractivity contribution in [1.29, 1.82) is 0 Å². The second-order valence-electron chi connectivity index (χ2n) is 7.92. The molecule has 2 amide bonds. The maximum atomic E-state index is 11.2. The van der Waals surface area contributed by atoms with Crippen LogP contribution in [0.2, 0.25) is 0 Å². The fraction of sp³-hybridized carbons (Fsp3) is 0.909. The van der Waals surface area contributed by atoms with Crippen LogP contribution in [0.5, 0.6) is 0 Å². The van der Waals surface area contributed by atoms with Crippen molar-refractivity contribution >= 4 is 11.8 Å². The Labute approximate surface area is 172 Å². The zero-order valence-electron chi connectivity index (χ0n) is 19.0. The maximum Gasteiger partial charge on any atom is 0.220 e. The van der Waals surface area contributed by atoms with E-state index in [9.17, 15) is 9.59 Å². The fourth-order valence-corrected chi connectivity index (χ4v) is 2.87. The van der Waals surface area contributed by atoms with Gasteiger partial charge in [0.1, 0.15) is 0 Å². The van der Waals surface area contributed by atoms with Gasteiger partial charge in [-0.3, -0.25) is 9.59 Å². The molecule has 0 aromatic carbocycles. The average Bonchev–Trinajstić information content (AvgIpc) is 2.69. The summed E-state index contributed by atoms with van der Waals surface area (Å²) in [5.41, 5.74) is -0.0225. The van der Waals surface area contributed by atoms with E-state index in [1.54, 1.807) is 0 Å². The van der Waals surface area contributed by atoms with Crippen LogP contribution in [-0.2, 0) is 14.3 Å². The summed E-state index contributed by atoms with van der Waals surface area (Å²) in [6.45, 7) is 14.0. The number of amides is 2. The molecule has 3 N–H and O–H groups in total. The summed E-state index contributed by atoms with van der Waals surface area (Å²) in [5.74, 6) is 0.351. The molecule has 0 radical (unpaired) electrons. The van der Waals surface area contributed by atoms with Gasteiger partial charge in [-0.2, -0.15) is 0 Å². The van der Waals surface area contributed by atoms with Crippen molar-refractivity contribution in [3.63, 3.8) is 0 Å². The lowest BCUT2D eigenvalue weighted by molar-refractivity contribution is -0.124. The molecule has 6 nitrogen and oxygen atoms in total. The number of unbranched alkanes of at least 4 members (excludes halogenated alkanes) is 1. The Morgan fingerprint density at radius 3 is 2.00 bits per heavy atom. The van der Waals surface area contributed by atoms with Crippen LogP contribution >= 0.6 is 0 Å². The van der Waals surface area contributed by atoms with E-state index in [1.807, 2.05) is 13.8 Å². The summed E-state index contributed by atoms with van der Waals surface area (Å²) in [6.07, 6.45) is 8.83. The van der Waals surface area contributed by atoms with Gasteiger partial charge in [-0.05, 0) is 52.1 Å². The number of piperidine rings is 1. The molecule has 6 heteroatoms. The Balaban J connectivity index is 0.000000439. The van der Waals surface area contributed by atoms with Crippen molar-refractivity contribution in [2.24, 2.45) is 0 Å². The van der Waals surface area contributed by atoms with Crippen molar-refractivity contribution in [1.82, 2.24) is 16.0 Å². The lowest BCUT2D eigenvalue weighted by Gasteiger charge is -2.34. The summed E-state index contributed by atoms with van der Waals surface area (Å²) < 4.78 is 5.23. The Kier molecular flexibility index (Phi) is 16.1. The summed E-state index contributed by atoms with van der Waals surface area (Å²) in [5, 5.41) is 9.34. The summed E-state index contributed by atoms with van der Waals surface area (Å²) >= 11 is 0. The van der Waals surface area contributed by atoms with Crippen LogP contribution < -0.4 is 16.0 Å². The fourth-order valence-electron chi connectivity index (χ4n) is 2.87. The molecule has 0 atom stereocenters. The molecule has 0 bridgehead atoms. The van der Waals surface area contributed by atoms with E-state index < -0.39 is 0 Å². The maximum absolute atomic E-state index is 11.2. The lowest BCUT2D eigenvalue weighted by Crippen LogP contribution is -2.49. The van der Waals surface area contributed by atoms with Crippen molar-refractivity contribution < 1.29 is 14.3 Å². The van der Waals surface area contributed by atoms with E-state index in [-0.39, 0.29) is 17.4 Å². The molecule has 0 spiro atoms. The van der Waals surface area contributed by atoms with Crippen molar-refractivity contribution in [3.05, 3.63) is 0 Å². The predicted octanol–water partition coefficient (Wildman–Crippen LogP) is 3.54. The normalized spacial score (nSPS) is 18.6. The first-order valence-corrected chi connectivity index (χ1v) is 11.3. The molecule has 2 rings (SSSR count). The third kappa shape index (κ3) is 13.9. The van der Waals surface area contributed by atoms with Gasteiger partial charge in [0.2, 0.25) is 11.8 Å². The third-order valence-electron chi connectivity index (χ3n) is 5.04. The Morgan fingerprint density at radius 1 is 0.964 bits per heavy atom. The molecular weight excluding hydrogens is 354 g/mol. The van der Waals surface area contributed by atoms with Gasteiger partial charge in [-0.1, -0.05) is 40.5 Å². The molecule has 0 aliphatic carbocycles. The van der Waals surface area contributed by atoms with E-state index in [0.717, 1.165) is 58.4 Å². The first-order chi connectivity index (χ1) is 13.4. The van der Waals surface area contributed by atoms with E-state index in [2.05, 4.69) is 36.7 Å². The second-order valence-corrected chi connectivity index (χ2v) is 7.92. The van der Waals surface area contributed by atoms with Gasteiger partial charge in [0.25, 0.3) is 0 Å². The van der Waals surface area contributed by atoms with E-state index in [1.165, 1.54) is 12.8 Å². The molecule has 166 valence electrons. The molecule has 0 unspecified atom stereocenters. The van der Waals surface area contributed by atoms with Gasteiger partial charge < -0.3 is 20.7 Å². The van der Waals surface area contributed by atoms with Gasteiger partial charge >= 0.3 is 0 Å². The molecule has 2 saturated heterocycles. The summed E-state index contributed by atoms with van der Waals surface area (Å²) in [6, 6.07) is 0.422. The van der Waals surface area contributed by atoms with Gasteiger partial charge in [0.05, 0.1) is 0 Å². The number of hydrogen-bond donors (Lipinski definition) is 3. The average molecular weight is 400 g/mol. The first kappa shape index (κ1) is 26.9. The molecular formula is C22H45N3O3. The number of nitrogens with one attached hydrogen (secondary N) is 3. The third-order valence-corrected chi connectivity index (χ3v) is 5.04. The lowest BCUT2D eigenvalue weighted by atomic mass is 9.92. The van der Waals surface area contributed by atoms with Crippen LogP contribution in [-0.4, -0.2) is 49.7 Å². The van der Waals surface area contributed by atoms with E-state index >= 15 is 0 Å². The van der Waals surface area contributed by atoms with Crippen molar-refractivity contribution in [3.8, 4) is 0 Å². The minimum Gasteiger partial charge on any atom is -0.381 e. The second kappa shape index (κ2) is 16.8. The van der Waals surface area contributed by atoms with Crippen LogP contribution in [0.15, 0.2) is 0 Å². The van der Waals surface area contributed by atoms with Crippen LogP contribution in [0.25, 0.3) is 0 Å². The predicted molar refractivity (Wildman–Crippen MR) is 116 cm³/mol. The van der Waals surface area contributed by atoms with Gasteiger partial charge in [-0.25, -0.2) is 0 Å². The molecule has 2 heterocycles. The zero-order valence-corrected chi connectivity index (χ0v) is 19.0. The van der Waals surface area contributed by atoms with Crippen molar-refractivity contribution in [2.75, 3.05) is 26.3 Å². The SMILES string of the molecule is CCC(=O)NC1(C)CCOCC1.CCCC.CCCC(=O)NC1CCNCC1. The van der Waals surface area contributed by atoms with Crippen LogP contribution in [0.1, 0.15) is 92.4 Å². The highest BCUT2D eigenvalue weighted by atomic mass is 16.5. The van der Waals surface area contributed by atoms with Gasteiger partial charge in [-0.15, -0.1) is 0 Å². The van der Waals surface area contributed by atoms with E-state index in [4.69, 9.17) is 4.74 Å². The smallest absolute Gasteiger partial charge is 0.220 e. The number of carbonyl (C=O) groups is 2. The van der Waals surface area contributed by atoms with Crippen LogP contribution in [0, 0.1) is 0 Å². The number of hydrogen-bond acceptors (Lipinski definition) is 4. The minimum absolute atomic E-state index is 0.0225. The standard InChI is InChI=1S/C9H18N2O.C9H17NO2.C4H10/c1-2-3-9(12)11-8-4-6-10-7-5-8;1-3-8(11)10-9(2)4-6-12-7-5-9;1-3-4-2/h8,10H,2-7H2,1H3,(H,11,12);3-7H2,1-2H3,(H,10,11);3-4H2,1-2H3. The highest BCUT2D eigenvalue weighted by molar-refractivity contribution is 5.76. The summed E-state index contributed by atoms with van der Waals surface area (Å²) in [4.78, 5) is 22.3. The van der Waals surface area contributed by atoms with Gasteiger partial charge in [0, 0.05) is 37.6 Å². The first-order valence-electron chi connectivity index (χ1n) is 11.3. The largest absolute Gasteiger partial charge is 0.381 e. The van der Waals surface area contributed by atoms with Gasteiger partial charge in [0.15, 0.2) is 0 Å². The number of rotatable bonds is 6. The van der Waals surface area contributed by atoms with Crippen LogP contribution in [0.4, 0.5) is 0 Å². The van der Waals surface area contributed by atoms with E-state index in [0.29, 0.717) is 18.9 Å². The Morgan fingerprint density at radius 2 is 1.54 bits per heavy atom. The highest BCUT2D eigenvalue weighted by Gasteiger charge is 2.28. The quantitative estimate of drug-likeness (QED) is 0.638. The Hall–Kier alpha value is -1.14. The molecule has 28 heavy (non-hydrogen) atoms. The minimum atomic E-state index is -0.0225. The molecule has 2 fully saturated rings. The highest BCUT2D eigenvalue weighted by Crippen LogP contribution is 2.19. The molecule has 0 aromatic heterocycles. The van der Waals surface area contributed by atoms with Crippen molar-refractivity contribution in [2.45, 2.75) is 104 Å². The monoisotopic (exact) mass is 399 g/mol. The topological polar surface area (TPSA) is 79.5 Å². The molecule has 0 aromatic rings. The number of ether oxygens (including phenoxy) is 1. The summed E-state index contributed by atoms with van der Waals surface area (Å²) in [7, 11) is 0. The molecule has 2 aliphatic heterocycles. The number of carbonyl (C=O) groups excluding carboxylic acids is 2. The van der Waals surface area contributed by atoms with Crippen LogP contribution in [0.3, 0.4) is 0 Å². The Bertz CT molecular complexity index is 400. The zero-order chi connectivity index (χ0) is 21.3. The molecule has 0 saturated carbocycles.